The largest absolute Gasteiger partial charge is 0.466 e. The molecule has 2 unspecified atom stereocenters. The molecule has 5 aromatic carbocycles. The van der Waals surface area contributed by atoms with Crippen molar-refractivity contribution in [1.82, 2.24) is 15.0 Å². The Balaban J connectivity index is 1.57. The van der Waals surface area contributed by atoms with E-state index in [0.29, 0.717) is 17.8 Å². The molecule has 0 N–H and O–H groups in total. The number of halogens is 1. The molecule has 0 aliphatic carbocycles. The molecule has 7 nitrogen and oxygen atoms in total. The highest BCUT2D eigenvalue weighted by atomic mass is 28.4. The van der Waals surface area contributed by atoms with Gasteiger partial charge in [-0.15, -0.1) is 5.10 Å². The zero-order valence-corrected chi connectivity index (χ0v) is 38.1. The zero-order valence-electron chi connectivity index (χ0n) is 36.1. The van der Waals surface area contributed by atoms with Gasteiger partial charge in [-0.05, 0) is 75.0 Å². The molecular weight excluding hydrogens is 782 g/mol. The van der Waals surface area contributed by atoms with Gasteiger partial charge in [0.05, 0.1) is 42.3 Å². The van der Waals surface area contributed by atoms with Crippen LogP contribution in [0.3, 0.4) is 0 Å². The first-order valence-corrected chi connectivity index (χ1v) is 24.6. The van der Waals surface area contributed by atoms with E-state index in [1.807, 2.05) is 44.2 Å². The number of benzene rings is 5. The summed E-state index contributed by atoms with van der Waals surface area (Å²) in [6, 6.07) is 48.2. The molecule has 0 spiro atoms. The minimum absolute atomic E-state index is 0.0287. The zero-order chi connectivity index (χ0) is 43.0. The predicted molar refractivity (Wildman–Crippen MR) is 246 cm³/mol. The lowest BCUT2D eigenvalue weighted by molar-refractivity contribution is -0.145. The second kappa shape index (κ2) is 19.0. The molecule has 2 atom stereocenters. The number of aromatic nitrogens is 3. The number of rotatable bonds is 16. The summed E-state index contributed by atoms with van der Waals surface area (Å²) in [6.45, 7) is 17.5. The first kappa shape index (κ1) is 44.3. The van der Waals surface area contributed by atoms with Gasteiger partial charge in [0.1, 0.15) is 5.82 Å². The van der Waals surface area contributed by atoms with Gasteiger partial charge in [-0.3, -0.25) is 4.79 Å². The molecule has 60 heavy (non-hydrogen) atoms. The average Bonchev–Trinajstić information content (AvgIpc) is 3.60. The van der Waals surface area contributed by atoms with Gasteiger partial charge in [0.15, 0.2) is 0 Å². The van der Waals surface area contributed by atoms with Crippen molar-refractivity contribution in [3.8, 4) is 5.69 Å². The highest BCUT2D eigenvalue weighted by Gasteiger charge is 2.54. The maximum Gasteiger partial charge on any atom is 0.308 e. The van der Waals surface area contributed by atoms with Crippen LogP contribution < -0.4 is 20.7 Å². The Labute approximate surface area is 357 Å². The normalized spacial score (nSPS) is 13.6. The standard InChI is InChI=1S/C50H58FN3O4Si2/c1-9-56-48(55)37-42(58-60(50(6,7)8,45-26-18-12-19-27-45)46-28-20-13-21-29-46)36-41(34-35-47-38(2)52-53-54(47)40-32-30-39(51)31-33-40)57-59(49(3,4)5,43-22-14-10-15-23-43)44-24-16-11-17-25-44/h10-35,41-42H,9,36-37H2,1-8H3. The number of ether oxygens (including phenoxy) is 1. The van der Waals surface area contributed by atoms with Crippen LogP contribution in [0.1, 0.15) is 72.7 Å². The summed E-state index contributed by atoms with van der Waals surface area (Å²) >= 11 is 0. The Kier molecular flexibility index (Phi) is 14.0. The fourth-order valence-electron chi connectivity index (χ4n) is 8.39. The second-order valence-electron chi connectivity index (χ2n) is 17.3. The van der Waals surface area contributed by atoms with Crippen LogP contribution in [0.15, 0.2) is 152 Å². The SMILES string of the molecule is CCOC(=O)CC(CC(C=Cc1c(C)nnn1-c1ccc(F)cc1)O[Si](c1ccccc1)(c1ccccc1)C(C)(C)C)O[Si](c1ccccc1)(c1ccccc1)C(C)(C)C. The Hall–Kier alpha value is -5.27. The lowest BCUT2D eigenvalue weighted by atomic mass is 10.1. The highest BCUT2D eigenvalue weighted by Crippen LogP contribution is 2.41. The van der Waals surface area contributed by atoms with E-state index in [-0.39, 0.29) is 34.9 Å². The molecule has 312 valence electrons. The van der Waals surface area contributed by atoms with Crippen molar-refractivity contribution in [3.63, 3.8) is 0 Å². The summed E-state index contributed by atoms with van der Waals surface area (Å²) in [7, 11) is -6.33. The third-order valence-electron chi connectivity index (χ3n) is 11.1. The first-order valence-electron chi connectivity index (χ1n) is 20.8. The Morgan fingerprint density at radius 1 is 0.683 bits per heavy atom. The molecular formula is C50H58FN3O4Si2. The van der Waals surface area contributed by atoms with Gasteiger partial charge in [-0.2, -0.15) is 0 Å². The van der Waals surface area contributed by atoms with Crippen molar-refractivity contribution in [2.75, 3.05) is 6.61 Å². The van der Waals surface area contributed by atoms with Gasteiger partial charge in [0.2, 0.25) is 0 Å². The molecule has 6 aromatic rings. The molecule has 0 bridgehead atoms. The van der Waals surface area contributed by atoms with Crippen LogP contribution >= 0.6 is 0 Å². The Morgan fingerprint density at radius 3 is 1.53 bits per heavy atom. The van der Waals surface area contributed by atoms with Crippen LogP contribution in [0.25, 0.3) is 11.8 Å². The lowest BCUT2D eigenvalue weighted by Gasteiger charge is -2.47. The van der Waals surface area contributed by atoms with E-state index in [9.17, 15) is 9.18 Å². The molecule has 10 heteroatoms. The van der Waals surface area contributed by atoms with Gasteiger partial charge in [0.25, 0.3) is 16.6 Å². The fraction of sp³-hybridized carbons (Fsp3) is 0.300. The van der Waals surface area contributed by atoms with Crippen molar-refractivity contribution in [3.05, 3.63) is 169 Å². The van der Waals surface area contributed by atoms with Crippen LogP contribution in [0.2, 0.25) is 10.1 Å². The molecule has 0 amide bonds. The third kappa shape index (κ3) is 9.52. The average molecular weight is 840 g/mol. The van der Waals surface area contributed by atoms with Crippen molar-refractivity contribution < 1.29 is 22.8 Å². The van der Waals surface area contributed by atoms with Crippen LogP contribution in [0, 0.1) is 12.7 Å². The van der Waals surface area contributed by atoms with Gasteiger partial charge >= 0.3 is 5.97 Å². The number of nitrogens with zero attached hydrogens (tertiary/aromatic N) is 3. The van der Waals surface area contributed by atoms with E-state index in [2.05, 4.69) is 155 Å². The summed E-state index contributed by atoms with van der Waals surface area (Å²) < 4.78 is 37.1. The van der Waals surface area contributed by atoms with Gasteiger partial charge in [0, 0.05) is 6.42 Å². The van der Waals surface area contributed by atoms with Gasteiger partial charge < -0.3 is 13.6 Å². The number of hydrogen-bond acceptors (Lipinski definition) is 6. The highest BCUT2D eigenvalue weighted by molar-refractivity contribution is 7.00. The first-order chi connectivity index (χ1) is 28.7. The number of esters is 1. The van der Waals surface area contributed by atoms with E-state index in [0.717, 1.165) is 26.4 Å². The number of aryl methyl sites for hydroxylation is 1. The lowest BCUT2D eigenvalue weighted by Crippen LogP contribution is -2.69. The minimum Gasteiger partial charge on any atom is -0.466 e. The quantitative estimate of drug-likeness (QED) is 0.0716. The van der Waals surface area contributed by atoms with E-state index in [4.69, 9.17) is 13.6 Å². The van der Waals surface area contributed by atoms with Crippen LogP contribution in [0.4, 0.5) is 4.39 Å². The molecule has 0 aliphatic heterocycles. The molecule has 0 fully saturated rings. The topological polar surface area (TPSA) is 75.5 Å². The van der Waals surface area contributed by atoms with Crippen LogP contribution in [-0.4, -0.2) is 56.4 Å². The Morgan fingerprint density at radius 2 is 1.12 bits per heavy atom. The summed E-state index contributed by atoms with van der Waals surface area (Å²) in [6.07, 6.45) is 3.22. The Bertz CT molecular complexity index is 2230. The molecule has 6 rings (SSSR count). The second-order valence-corrected chi connectivity index (χ2v) is 25.8. The van der Waals surface area contributed by atoms with Crippen LogP contribution in [-0.2, 0) is 18.4 Å². The van der Waals surface area contributed by atoms with Crippen LogP contribution in [0.5, 0.6) is 0 Å². The van der Waals surface area contributed by atoms with Gasteiger partial charge in [-0.1, -0.05) is 174 Å². The number of carbonyl (C=O) groups is 1. The summed E-state index contributed by atoms with van der Waals surface area (Å²) in [5.41, 5.74) is 2.11. The fourth-order valence-corrected chi connectivity index (χ4v) is 17.7. The molecule has 0 aliphatic rings. The number of hydrogen-bond donors (Lipinski definition) is 0. The maximum absolute atomic E-state index is 14.0. The predicted octanol–water partition coefficient (Wildman–Crippen LogP) is 8.96. The van der Waals surface area contributed by atoms with Gasteiger partial charge in [-0.25, -0.2) is 9.07 Å². The van der Waals surface area contributed by atoms with Crippen molar-refractivity contribution in [1.29, 1.82) is 0 Å². The molecule has 0 saturated heterocycles. The van der Waals surface area contributed by atoms with E-state index >= 15 is 0 Å². The molecule has 1 aromatic heterocycles. The maximum atomic E-state index is 14.0. The van der Waals surface area contributed by atoms with Crippen molar-refractivity contribution >= 4 is 49.4 Å². The van der Waals surface area contributed by atoms with E-state index < -0.39 is 28.8 Å². The van der Waals surface area contributed by atoms with E-state index in [1.165, 1.54) is 12.1 Å². The summed E-state index contributed by atoms with van der Waals surface area (Å²) in [5.74, 6) is -0.664. The van der Waals surface area contributed by atoms with Crippen molar-refractivity contribution in [2.45, 2.75) is 90.5 Å². The third-order valence-corrected chi connectivity index (χ3v) is 21.3. The minimum atomic E-state index is -3.17. The molecule has 1 heterocycles. The summed E-state index contributed by atoms with van der Waals surface area (Å²) in [4.78, 5) is 13.8. The van der Waals surface area contributed by atoms with Crippen molar-refractivity contribution in [2.24, 2.45) is 0 Å². The smallest absolute Gasteiger partial charge is 0.308 e. The summed E-state index contributed by atoms with van der Waals surface area (Å²) in [5, 5.41) is 12.7. The number of carbonyl (C=O) groups excluding carboxylic acids is 1. The molecule has 0 radical (unpaired) electrons. The molecule has 0 saturated carbocycles. The van der Waals surface area contributed by atoms with E-state index in [1.54, 1.807) is 16.8 Å². The monoisotopic (exact) mass is 839 g/mol.